The van der Waals surface area contributed by atoms with Crippen molar-refractivity contribution in [2.75, 3.05) is 26.8 Å². The molecule has 11 heavy (non-hydrogen) atoms. The van der Waals surface area contributed by atoms with Crippen molar-refractivity contribution < 1.29 is 4.74 Å². The second-order valence-corrected chi connectivity index (χ2v) is 3.06. The summed E-state index contributed by atoms with van der Waals surface area (Å²) in [7, 11) is 1.85. The molecule has 4 heteroatoms. The third-order valence-corrected chi connectivity index (χ3v) is 2.28. The maximum atomic E-state index is 5.28. The molecule has 0 aromatic rings. The lowest BCUT2D eigenvalue weighted by atomic mass is 10.3. The molecule has 1 fully saturated rings. The van der Waals surface area contributed by atoms with Gasteiger partial charge in [-0.1, -0.05) is 0 Å². The first-order valence-electron chi connectivity index (χ1n) is 3.82. The van der Waals surface area contributed by atoms with Crippen LogP contribution in [0.4, 0.5) is 0 Å². The quantitative estimate of drug-likeness (QED) is 0.531. The Morgan fingerprint density at radius 1 is 1.73 bits per heavy atom. The number of thiocarbonyl (C=S) groups is 1. The summed E-state index contributed by atoms with van der Waals surface area (Å²) >= 11 is 5.11. The molecular formula is C7H14N2OS. The van der Waals surface area contributed by atoms with E-state index in [0.29, 0.717) is 6.04 Å². The fourth-order valence-electron chi connectivity index (χ4n) is 1.17. The van der Waals surface area contributed by atoms with Gasteiger partial charge in [0.05, 0.1) is 19.3 Å². The van der Waals surface area contributed by atoms with Crippen molar-refractivity contribution in [1.82, 2.24) is 10.2 Å². The van der Waals surface area contributed by atoms with Crippen LogP contribution in [0.2, 0.25) is 0 Å². The van der Waals surface area contributed by atoms with E-state index < -0.39 is 0 Å². The molecule has 3 nitrogen and oxygen atoms in total. The number of nitrogens with one attached hydrogen (secondary N) is 1. The summed E-state index contributed by atoms with van der Waals surface area (Å²) in [6.45, 7) is 4.58. The Bertz CT molecular complexity index is 151. The van der Waals surface area contributed by atoms with E-state index in [2.05, 4.69) is 17.1 Å². The van der Waals surface area contributed by atoms with Crippen LogP contribution < -0.4 is 5.32 Å². The minimum Gasteiger partial charge on any atom is -0.377 e. The number of nitrogens with zero attached hydrogens (tertiary/aromatic N) is 1. The maximum Gasteiger partial charge on any atom is 0.169 e. The van der Waals surface area contributed by atoms with Crippen molar-refractivity contribution in [3.05, 3.63) is 0 Å². The Morgan fingerprint density at radius 2 is 2.45 bits per heavy atom. The minimum atomic E-state index is 0.406. The topological polar surface area (TPSA) is 24.5 Å². The molecular weight excluding hydrogens is 160 g/mol. The summed E-state index contributed by atoms with van der Waals surface area (Å²) in [5.41, 5.74) is 0. The normalized spacial score (nSPS) is 24.9. The molecule has 1 atom stereocenters. The Hall–Kier alpha value is -0.350. The van der Waals surface area contributed by atoms with Crippen molar-refractivity contribution in [3.63, 3.8) is 0 Å². The highest BCUT2D eigenvalue weighted by Gasteiger charge is 2.19. The van der Waals surface area contributed by atoms with Crippen LogP contribution in [-0.4, -0.2) is 42.9 Å². The van der Waals surface area contributed by atoms with Gasteiger partial charge >= 0.3 is 0 Å². The van der Waals surface area contributed by atoms with Gasteiger partial charge in [-0.25, -0.2) is 0 Å². The summed E-state index contributed by atoms with van der Waals surface area (Å²) in [5, 5.41) is 3.79. The Morgan fingerprint density at radius 3 is 3.00 bits per heavy atom. The van der Waals surface area contributed by atoms with Crippen LogP contribution in [0.5, 0.6) is 0 Å². The largest absolute Gasteiger partial charge is 0.377 e. The molecule has 1 aliphatic rings. The van der Waals surface area contributed by atoms with Gasteiger partial charge in [0, 0.05) is 13.6 Å². The maximum absolute atomic E-state index is 5.28. The summed E-state index contributed by atoms with van der Waals surface area (Å²) < 4.78 is 5.28. The van der Waals surface area contributed by atoms with Crippen molar-refractivity contribution in [2.45, 2.75) is 13.0 Å². The zero-order chi connectivity index (χ0) is 8.27. The molecule has 0 bridgehead atoms. The second kappa shape index (κ2) is 3.88. The number of ether oxygens (including phenoxy) is 1. The molecule has 0 saturated carbocycles. The molecule has 64 valence electrons. The van der Waals surface area contributed by atoms with Crippen molar-refractivity contribution in [2.24, 2.45) is 0 Å². The first-order valence-corrected chi connectivity index (χ1v) is 4.22. The van der Waals surface area contributed by atoms with E-state index in [1.165, 1.54) is 0 Å². The fraction of sp³-hybridized carbons (Fsp3) is 0.857. The predicted molar refractivity (Wildman–Crippen MR) is 48.6 cm³/mol. The third-order valence-electron chi connectivity index (χ3n) is 1.84. The molecule has 1 saturated heterocycles. The fourth-order valence-corrected chi connectivity index (χ4v) is 1.44. The molecule has 0 unspecified atom stereocenters. The lowest BCUT2D eigenvalue weighted by molar-refractivity contribution is 0.0331. The monoisotopic (exact) mass is 174 g/mol. The Kier molecular flexibility index (Phi) is 3.08. The van der Waals surface area contributed by atoms with Crippen LogP contribution in [0.15, 0.2) is 0 Å². The highest BCUT2D eigenvalue weighted by atomic mass is 32.1. The number of hydrogen-bond acceptors (Lipinski definition) is 2. The van der Waals surface area contributed by atoms with Crippen LogP contribution in [0.1, 0.15) is 6.92 Å². The average Bonchev–Trinajstić information content (AvgIpc) is 2.04. The Balaban J connectivity index is 2.47. The zero-order valence-electron chi connectivity index (χ0n) is 6.96. The lowest BCUT2D eigenvalue weighted by Gasteiger charge is -2.34. The summed E-state index contributed by atoms with van der Waals surface area (Å²) in [6, 6.07) is 0.406. The van der Waals surface area contributed by atoms with Gasteiger partial charge < -0.3 is 15.0 Å². The minimum absolute atomic E-state index is 0.406. The first kappa shape index (κ1) is 8.74. The van der Waals surface area contributed by atoms with Crippen LogP contribution in [0, 0.1) is 0 Å². The molecule has 0 aromatic carbocycles. The van der Waals surface area contributed by atoms with E-state index in [0.717, 1.165) is 24.9 Å². The Labute approximate surface area is 72.7 Å². The third kappa shape index (κ3) is 2.04. The van der Waals surface area contributed by atoms with Gasteiger partial charge in [0.25, 0.3) is 0 Å². The molecule has 1 rings (SSSR count). The van der Waals surface area contributed by atoms with E-state index in [9.17, 15) is 0 Å². The van der Waals surface area contributed by atoms with Gasteiger partial charge in [-0.05, 0) is 19.1 Å². The average molecular weight is 174 g/mol. The van der Waals surface area contributed by atoms with Crippen molar-refractivity contribution in [3.8, 4) is 0 Å². The van der Waals surface area contributed by atoms with Crippen molar-refractivity contribution >= 4 is 17.3 Å². The van der Waals surface area contributed by atoms with Gasteiger partial charge in [-0.3, -0.25) is 0 Å². The van der Waals surface area contributed by atoms with Crippen LogP contribution in [0.3, 0.4) is 0 Å². The van der Waals surface area contributed by atoms with Gasteiger partial charge in [0.15, 0.2) is 5.11 Å². The van der Waals surface area contributed by atoms with E-state index in [-0.39, 0.29) is 0 Å². The molecule has 0 aromatic heterocycles. The SMILES string of the molecule is CNC(=S)N1CCOC[C@@H]1C. The van der Waals surface area contributed by atoms with Crippen molar-refractivity contribution in [1.29, 1.82) is 0 Å². The van der Waals surface area contributed by atoms with Gasteiger partial charge in [-0.2, -0.15) is 0 Å². The van der Waals surface area contributed by atoms with Crippen LogP contribution >= 0.6 is 12.2 Å². The molecule has 1 heterocycles. The molecule has 1 aliphatic heterocycles. The van der Waals surface area contributed by atoms with Crippen LogP contribution in [-0.2, 0) is 4.74 Å². The molecule has 0 aliphatic carbocycles. The summed E-state index contributed by atoms with van der Waals surface area (Å²) in [4.78, 5) is 2.15. The molecule has 1 N–H and O–H groups in total. The lowest BCUT2D eigenvalue weighted by Crippen LogP contribution is -2.50. The summed E-state index contributed by atoms with van der Waals surface area (Å²) in [5.74, 6) is 0. The predicted octanol–water partition coefficient (Wildman–Crippen LogP) is 0.211. The highest BCUT2D eigenvalue weighted by Crippen LogP contribution is 2.05. The molecule has 0 radical (unpaired) electrons. The second-order valence-electron chi connectivity index (χ2n) is 2.67. The molecule has 0 spiro atoms. The van der Waals surface area contributed by atoms with E-state index in [1.54, 1.807) is 0 Å². The zero-order valence-corrected chi connectivity index (χ0v) is 7.78. The number of morpholine rings is 1. The highest BCUT2D eigenvalue weighted by molar-refractivity contribution is 7.80. The van der Waals surface area contributed by atoms with E-state index in [1.807, 2.05) is 7.05 Å². The standard InChI is InChI=1S/C7H14N2OS/c1-6-5-10-4-3-9(6)7(11)8-2/h6H,3-5H2,1-2H3,(H,8,11)/t6-/m0/s1. The first-order chi connectivity index (χ1) is 5.25. The molecule has 0 amide bonds. The van der Waals surface area contributed by atoms with Gasteiger partial charge in [-0.15, -0.1) is 0 Å². The van der Waals surface area contributed by atoms with E-state index in [4.69, 9.17) is 17.0 Å². The van der Waals surface area contributed by atoms with E-state index >= 15 is 0 Å². The van der Waals surface area contributed by atoms with Gasteiger partial charge in [0.2, 0.25) is 0 Å². The number of rotatable bonds is 0. The smallest absolute Gasteiger partial charge is 0.169 e. The van der Waals surface area contributed by atoms with Gasteiger partial charge in [0.1, 0.15) is 0 Å². The summed E-state index contributed by atoms with van der Waals surface area (Å²) in [6.07, 6.45) is 0. The number of hydrogen-bond donors (Lipinski definition) is 1. The van der Waals surface area contributed by atoms with Crippen LogP contribution in [0.25, 0.3) is 0 Å².